The molecule has 1 amide bonds. The number of primary amides is 1. The summed E-state index contributed by atoms with van der Waals surface area (Å²) < 4.78 is 5.66. The van der Waals surface area contributed by atoms with Gasteiger partial charge in [-0.15, -0.1) is 0 Å². The van der Waals surface area contributed by atoms with Crippen molar-refractivity contribution in [2.45, 2.75) is 17.6 Å². The Morgan fingerprint density at radius 3 is 2.90 bits per heavy atom. The third-order valence-electron chi connectivity index (χ3n) is 2.87. The maximum absolute atomic E-state index is 11.7. The van der Waals surface area contributed by atoms with Crippen LogP contribution in [0.25, 0.3) is 0 Å². The molecule has 4 N–H and O–H groups in total. The fraction of sp³-hybridized carbons (Fsp3) is 0.545. The molecule has 9 heteroatoms. The summed E-state index contributed by atoms with van der Waals surface area (Å²) in [5.41, 5.74) is 6.01. The van der Waals surface area contributed by atoms with E-state index in [0.29, 0.717) is 11.3 Å². The highest BCUT2D eigenvalue weighted by Crippen LogP contribution is 2.57. The molecule has 0 bridgehead atoms. The highest BCUT2D eigenvalue weighted by Gasteiger charge is 2.52. The Morgan fingerprint density at radius 2 is 2.30 bits per heavy atom. The molecule has 1 aliphatic heterocycles. The van der Waals surface area contributed by atoms with Gasteiger partial charge in [-0.05, 0) is 0 Å². The molecule has 0 spiro atoms. The summed E-state index contributed by atoms with van der Waals surface area (Å²) in [6.45, 7) is -0.221. The number of carbonyl (C=O) groups excluding carboxylic acids is 1. The number of carbonyl (C=O) groups is 1. The first-order valence-electron chi connectivity index (χ1n) is 5.92. The zero-order valence-electron chi connectivity index (χ0n) is 10.5. The number of aromatic nitrogens is 2. The molecule has 1 saturated heterocycles. The first-order valence-corrected chi connectivity index (χ1v) is 8.24. The van der Waals surface area contributed by atoms with Gasteiger partial charge in [0, 0.05) is 36.7 Å². The summed E-state index contributed by atoms with van der Waals surface area (Å²) in [6.07, 6.45) is 3.29. The molecule has 7 nitrogen and oxygen atoms in total. The van der Waals surface area contributed by atoms with Gasteiger partial charge in [-0.25, -0.2) is 9.97 Å². The second kappa shape index (κ2) is 6.72. The van der Waals surface area contributed by atoms with E-state index >= 15 is 0 Å². The molecule has 1 aliphatic rings. The van der Waals surface area contributed by atoms with Gasteiger partial charge in [0.2, 0.25) is 5.91 Å². The first-order chi connectivity index (χ1) is 9.60. The Morgan fingerprint density at radius 1 is 1.60 bits per heavy atom. The Bertz CT molecular complexity index is 464. The molecule has 2 rings (SSSR count). The van der Waals surface area contributed by atoms with Gasteiger partial charge in [-0.3, -0.25) is 4.79 Å². The largest absolute Gasteiger partial charge is 0.396 e. The molecular weight excluding hydrogens is 302 g/mol. The van der Waals surface area contributed by atoms with E-state index in [1.807, 2.05) is 0 Å². The van der Waals surface area contributed by atoms with Crippen molar-refractivity contribution < 1.29 is 19.7 Å². The van der Waals surface area contributed by atoms with Crippen LogP contribution in [-0.4, -0.2) is 44.7 Å². The van der Waals surface area contributed by atoms with Crippen molar-refractivity contribution in [3.05, 3.63) is 24.3 Å². The number of amides is 1. The lowest BCUT2D eigenvalue weighted by Gasteiger charge is -2.33. The predicted octanol–water partition coefficient (Wildman–Crippen LogP) is -0.157. The van der Waals surface area contributed by atoms with Crippen LogP contribution in [0.3, 0.4) is 0 Å². The summed E-state index contributed by atoms with van der Waals surface area (Å²) in [4.78, 5) is 18.4. The van der Waals surface area contributed by atoms with E-state index in [1.165, 1.54) is 40.3 Å². The molecule has 110 valence electrons. The molecule has 0 aromatic carbocycles. The zero-order chi connectivity index (χ0) is 14.6. The topological polar surface area (TPSA) is 119 Å². The van der Waals surface area contributed by atoms with E-state index < -0.39 is 23.0 Å². The molecule has 0 aliphatic carbocycles. The standard InChI is InChI=1S/C11H15N3O4S2/c12-10(17)8-5-19-20-11(8,18-9(16)1-2-15)7-3-13-6-14-4-7/h3-4,6,8-9,15-16H,1-2,5H2,(H2,12,17). The van der Waals surface area contributed by atoms with Crippen LogP contribution in [0.15, 0.2) is 18.7 Å². The summed E-state index contributed by atoms with van der Waals surface area (Å²) in [5, 5.41) is 18.7. The van der Waals surface area contributed by atoms with Crippen LogP contribution in [0.2, 0.25) is 0 Å². The number of nitrogens with zero attached hydrogens (tertiary/aromatic N) is 2. The van der Waals surface area contributed by atoms with Crippen molar-refractivity contribution in [2.24, 2.45) is 11.7 Å². The number of ether oxygens (including phenoxy) is 1. The number of hydrogen-bond acceptors (Lipinski definition) is 8. The lowest BCUT2D eigenvalue weighted by molar-refractivity contribution is -0.176. The highest BCUT2D eigenvalue weighted by molar-refractivity contribution is 8.77. The van der Waals surface area contributed by atoms with Gasteiger partial charge in [-0.1, -0.05) is 21.6 Å². The van der Waals surface area contributed by atoms with Gasteiger partial charge in [0.1, 0.15) is 6.33 Å². The van der Waals surface area contributed by atoms with E-state index in [2.05, 4.69) is 9.97 Å². The SMILES string of the molecule is NC(=O)C1CSSC1(OC(O)CCO)c1cncnc1. The normalized spacial score (nSPS) is 27.4. The van der Waals surface area contributed by atoms with Gasteiger partial charge in [0.15, 0.2) is 11.2 Å². The molecule has 20 heavy (non-hydrogen) atoms. The minimum Gasteiger partial charge on any atom is -0.396 e. The van der Waals surface area contributed by atoms with E-state index in [0.717, 1.165) is 0 Å². The maximum Gasteiger partial charge on any atom is 0.225 e. The third-order valence-corrected chi connectivity index (χ3v) is 5.83. The quantitative estimate of drug-likeness (QED) is 0.489. The molecule has 3 atom stereocenters. The molecular formula is C11H15N3O4S2. The van der Waals surface area contributed by atoms with Crippen LogP contribution in [0, 0.1) is 5.92 Å². The van der Waals surface area contributed by atoms with Crippen molar-refractivity contribution in [3.63, 3.8) is 0 Å². The van der Waals surface area contributed by atoms with Gasteiger partial charge in [0.05, 0.1) is 5.92 Å². The number of hydrogen-bond donors (Lipinski definition) is 3. The third kappa shape index (κ3) is 3.07. The van der Waals surface area contributed by atoms with Crippen molar-refractivity contribution in [2.75, 3.05) is 12.4 Å². The second-order valence-electron chi connectivity index (χ2n) is 4.20. The molecule has 3 unspecified atom stereocenters. The minimum absolute atomic E-state index is 0.0478. The summed E-state index contributed by atoms with van der Waals surface area (Å²) in [5.74, 6) is -0.653. The maximum atomic E-state index is 11.7. The molecule has 1 aromatic heterocycles. The zero-order valence-corrected chi connectivity index (χ0v) is 12.1. The fourth-order valence-electron chi connectivity index (χ4n) is 1.90. The van der Waals surface area contributed by atoms with E-state index in [-0.39, 0.29) is 13.0 Å². The minimum atomic E-state index is -1.20. The van der Waals surface area contributed by atoms with Crippen LogP contribution < -0.4 is 5.73 Å². The highest BCUT2D eigenvalue weighted by atomic mass is 33.1. The lowest BCUT2D eigenvalue weighted by atomic mass is 9.97. The van der Waals surface area contributed by atoms with E-state index in [9.17, 15) is 9.90 Å². The lowest BCUT2D eigenvalue weighted by Crippen LogP contribution is -2.43. The van der Waals surface area contributed by atoms with Crippen molar-refractivity contribution in [1.82, 2.24) is 9.97 Å². The monoisotopic (exact) mass is 317 g/mol. The Kier molecular flexibility index (Phi) is 5.22. The van der Waals surface area contributed by atoms with Gasteiger partial charge in [-0.2, -0.15) is 0 Å². The fourth-order valence-corrected chi connectivity index (χ4v) is 5.34. The predicted molar refractivity (Wildman–Crippen MR) is 75.2 cm³/mol. The Hall–Kier alpha value is -0.870. The van der Waals surface area contributed by atoms with Crippen molar-refractivity contribution in [1.29, 1.82) is 0 Å². The number of nitrogens with two attached hydrogens (primary N) is 1. The Balaban J connectivity index is 2.35. The van der Waals surface area contributed by atoms with Gasteiger partial charge >= 0.3 is 0 Å². The smallest absolute Gasteiger partial charge is 0.225 e. The van der Waals surface area contributed by atoms with Crippen LogP contribution in [-0.2, 0) is 14.5 Å². The molecule has 1 aromatic rings. The van der Waals surface area contributed by atoms with E-state index in [4.69, 9.17) is 15.6 Å². The Labute approximate surface area is 123 Å². The molecule has 0 radical (unpaired) electrons. The van der Waals surface area contributed by atoms with Crippen LogP contribution in [0.4, 0.5) is 0 Å². The van der Waals surface area contributed by atoms with Crippen LogP contribution in [0.1, 0.15) is 12.0 Å². The average molecular weight is 317 g/mol. The number of rotatable bonds is 6. The number of aliphatic hydroxyl groups excluding tert-OH is 2. The van der Waals surface area contributed by atoms with Gasteiger partial charge < -0.3 is 20.7 Å². The van der Waals surface area contributed by atoms with Gasteiger partial charge in [0.25, 0.3) is 0 Å². The first kappa shape index (κ1) is 15.5. The molecule has 1 fully saturated rings. The summed E-state index contributed by atoms with van der Waals surface area (Å²) in [7, 11) is 2.74. The summed E-state index contributed by atoms with van der Waals surface area (Å²) >= 11 is 0. The molecule has 2 heterocycles. The van der Waals surface area contributed by atoms with Crippen molar-refractivity contribution >= 4 is 27.5 Å². The van der Waals surface area contributed by atoms with E-state index in [1.54, 1.807) is 0 Å². The van der Waals surface area contributed by atoms with Crippen LogP contribution >= 0.6 is 21.6 Å². The second-order valence-corrected chi connectivity index (χ2v) is 6.75. The van der Waals surface area contributed by atoms with Crippen molar-refractivity contribution in [3.8, 4) is 0 Å². The summed E-state index contributed by atoms with van der Waals surface area (Å²) in [6, 6.07) is 0. The number of aliphatic hydroxyl groups is 2. The van der Waals surface area contributed by atoms with Crippen LogP contribution in [0.5, 0.6) is 0 Å². The average Bonchev–Trinajstić information content (AvgIpc) is 2.85. The molecule has 0 saturated carbocycles.